The van der Waals surface area contributed by atoms with Crippen molar-refractivity contribution in [2.75, 3.05) is 6.54 Å². The molecule has 1 amide bonds. The molecule has 1 saturated carbocycles. The Hall–Kier alpha value is -2.22. The van der Waals surface area contributed by atoms with Crippen molar-refractivity contribution in [1.29, 1.82) is 0 Å². The average Bonchev–Trinajstić information content (AvgIpc) is 3.42. The molecule has 1 aromatic heterocycles. The second-order valence-electron chi connectivity index (χ2n) is 6.39. The third-order valence-corrected chi connectivity index (χ3v) is 4.77. The van der Waals surface area contributed by atoms with Crippen molar-refractivity contribution in [3.63, 3.8) is 0 Å². The number of nitrogens with zero attached hydrogens (tertiary/aromatic N) is 4. The summed E-state index contributed by atoms with van der Waals surface area (Å²) in [7, 11) is 0. The summed E-state index contributed by atoms with van der Waals surface area (Å²) in [5, 5.41) is 13.0. The molecule has 7 nitrogen and oxygen atoms in total. The number of hydrogen-bond acceptors (Lipinski definition) is 6. The highest BCUT2D eigenvalue weighted by atomic mass is 79.9. The summed E-state index contributed by atoms with van der Waals surface area (Å²) in [6, 6.07) is 3.71. The molecule has 1 aliphatic carbocycles. The van der Waals surface area contributed by atoms with Crippen LogP contribution in [-0.2, 0) is 11.3 Å². The monoisotopic (exact) mass is 419 g/mol. The molecular weight excluding hydrogens is 398 g/mol. The van der Waals surface area contributed by atoms with Gasteiger partial charge < -0.3 is 10.1 Å². The Kier molecular flexibility index (Phi) is 6.38. The Morgan fingerprint density at radius 2 is 2.31 bits per heavy atom. The quantitative estimate of drug-likeness (QED) is 0.761. The van der Waals surface area contributed by atoms with E-state index in [1.54, 1.807) is 12.4 Å². The van der Waals surface area contributed by atoms with Crippen molar-refractivity contribution < 1.29 is 9.53 Å². The predicted molar refractivity (Wildman–Crippen MR) is 101 cm³/mol. The lowest BCUT2D eigenvalue weighted by atomic mass is 10.2. The first-order valence-corrected chi connectivity index (χ1v) is 9.45. The first kappa shape index (κ1) is 18.6. The van der Waals surface area contributed by atoms with Crippen LogP contribution in [0.25, 0.3) is 0 Å². The van der Waals surface area contributed by atoms with Gasteiger partial charge in [0.1, 0.15) is 6.10 Å². The van der Waals surface area contributed by atoms with Gasteiger partial charge in [-0.1, -0.05) is 17.4 Å². The second-order valence-corrected chi connectivity index (χ2v) is 7.30. The number of carbonyl (C=O) groups excluding carboxylic acids is 1. The summed E-state index contributed by atoms with van der Waals surface area (Å²) in [5.74, 6) is 1.13. The molecule has 0 saturated heterocycles. The molecule has 138 valence electrons. The van der Waals surface area contributed by atoms with E-state index in [1.807, 2.05) is 29.4 Å². The Morgan fingerprint density at radius 1 is 1.46 bits per heavy atom. The number of nitrogens with one attached hydrogen (secondary N) is 1. The third kappa shape index (κ3) is 5.66. The van der Waals surface area contributed by atoms with Gasteiger partial charge in [0.2, 0.25) is 11.8 Å². The van der Waals surface area contributed by atoms with E-state index in [2.05, 4.69) is 36.6 Å². The number of rotatable bonds is 6. The van der Waals surface area contributed by atoms with Gasteiger partial charge in [-0.25, -0.2) is 4.98 Å². The fraction of sp³-hybridized carbons (Fsp3) is 0.444. The molecule has 2 aliphatic rings. The topological polar surface area (TPSA) is 79.2 Å². The fourth-order valence-electron chi connectivity index (χ4n) is 2.46. The van der Waals surface area contributed by atoms with Crippen LogP contribution in [0.3, 0.4) is 0 Å². The van der Waals surface area contributed by atoms with Crippen LogP contribution in [0.1, 0.15) is 31.7 Å². The Morgan fingerprint density at radius 3 is 3.08 bits per heavy atom. The molecule has 0 spiro atoms. The molecule has 0 bridgehead atoms. The van der Waals surface area contributed by atoms with Crippen molar-refractivity contribution in [2.45, 2.75) is 38.8 Å². The predicted octanol–water partition coefficient (Wildman–Crippen LogP) is 3.70. The fourth-order valence-corrected chi connectivity index (χ4v) is 2.84. The van der Waals surface area contributed by atoms with Crippen molar-refractivity contribution >= 4 is 21.8 Å². The lowest BCUT2D eigenvalue weighted by Gasteiger charge is -2.18. The molecule has 26 heavy (non-hydrogen) atoms. The van der Waals surface area contributed by atoms with Crippen LogP contribution in [0.5, 0.6) is 5.88 Å². The molecule has 0 aromatic carbocycles. The number of hydrogen-bond donors (Lipinski definition) is 1. The molecule has 1 aliphatic heterocycles. The minimum atomic E-state index is -0.267. The number of pyridine rings is 1. The van der Waals surface area contributed by atoms with Gasteiger partial charge in [0.25, 0.3) is 0 Å². The summed E-state index contributed by atoms with van der Waals surface area (Å²) in [4.78, 5) is 15.5. The zero-order valence-corrected chi connectivity index (χ0v) is 16.2. The van der Waals surface area contributed by atoms with Crippen LogP contribution in [0.15, 0.2) is 51.6 Å². The van der Waals surface area contributed by atoms with Crippen LogP contribution < -0.4 is 10.1 Å². The third-order valence-electron chi connectivity index (χ3n) is 4.06. The zero-order valence-electron chi connectivity index (χ0n) is 14.6. The van der Waals surface area contributed by atoms with Gasteiger partial charge in [0.15, 0.2) is 0 Å². The molecule has 1 unspecified atom stereocenters. The van der Waals surface area contributed by atoms with Gasteiger partial charge in [0.05, 0.1) is 10.7 Å². The van der Waals surface area contributed by atoms with Gasteiger partial charge in [-0.3, -0.25) is 9.80 Å². The van der Waals surface area contributed by atoms with E-state index >= 15 is 0 Å². The standard InChI is InChI=1S/C18H22BrN5O2/c1-13(25)21-10-15-4-2-8-20-18(15)26-17-5-3-9-24(12-14-6-7-14)23-22-11-16(17)19/h2-4,8-9,11,14,17H,5-7,10,12H2,1H3,(H,21,25). The summed E-state index contributed by atoms with van der Waals surface area (Å²) in [5.41, 5.74) is 0.823. The lowest BCUT2D eigenvalue weighted by Crippen LogP contribution is -2.22. The number of ether oxygens (including phenoxy) is 1. The highest BCUT2D eigenvalue weighted by Crippen LogP contribution is 2.30. The van der Waals surface area contributed by atoms with Gasteiger partial charge >= 0.3 is 0 Å². The summed E-state index contributed by atoms with van der Waals surface area (Å²) < 4.78 is 6.89. The average molecular weight is 420 g/mol. The van der Waals surface area contributed by atoms with Gasteiger partial charge in [-0.05, 0) is 40.8 Å². The van der Waals surface area contributed by atoms with Gasteiger partial charge in [-0.15, -0.1) is 5.11 Å². The maximum absolute atomic E-state index is 11.2. The smallest absolute Gasteiger partial charge is 0.218 e. The maximum atomic E-state index is 11.2. The Labute approximate surface area is 161 Å². The summed E-state index contributed by atoms with van der Waals surface area (Å²) in [6.45, 7) is 2.76. The van der Waals surface area contributed by atoms with E-state index in [0.29, 0.717) is 18.8 Å². The minimum absolute atomic E-state index is 0.0950. The Bertz CT molecular complexity index is 730. The molecule has 3 rings (SSSR count). The molecule has 1 atom stereocenters. The highest BCUT2D eigenvalue weighted by Gasteiger charge is 2.24. The van der Waals surface area contributed by atoms with Crippen LogP contribution in [-0.4, -0.2) is 28.5 Å². The Balaban J connectivity index is 1.69. The number of halogens is 1. The first-order chi connectivity index (χ1) is 12.6. The van der Waals surface area contributed by atoms with Crippen LogP contribution in [0.2, 0.25) is 0 Å². The molecule has 8 heteroatoms. The van der Waals surface area contributed by atoms with Crippen LogP contribution in [0.4, 0.5) is 0 Å². The molecule has 1 N–H and O–H groups in total. The second kappa shape index (κ2) is 8.93. The van der Waals surface area contributed by atoms with Gasteiger partial charge in [0, 0.05) is 44.4 Å². The van der Waals surface area contributed by atoms with E-state index in [4.69, 9.17) is 4.74 Å². The normalized spacial score (nSPS) is 20.0. The van der Waals surface area contributed by atoms with Crippen molar-refractivity contribution in [3.05, 3.63) is 46.9 Å². The van der Waals surface area contributed by atoms with Crippen molar-refractivity contribution in [2.24, 2.45) is 16.3 Å². The van der Waals surface area contributed by atoms with E-state index in [-0.39, 0.29) is 12.0 Å². The van der Waals surface area contributed by atoms with E-state index < -0.39 is 0 Å². The van der Waals surface area contributed by atoms with Crippen molar-refractivity contribution in [1.82, 2.24) is 15.3 Å². The maximum Gasteiger partial charge on any atom is 0.218 e. The lowest BCUT2D eigenvalue weighted by molar-refractivity contribution is -0.119. The number of carbonyl (C=O) groups is 1. The van der Waals surface area contributed by atoms with Crippen molar-refractivity contribution in [3.8, 4) is 5.88 Å². The molecular formula is C18H22BrN5O2. The number of aromatic nitrogens is 1. The molecule has 1 aromatic rings. The minimum Gasteiger partial charge on any atom is -0.468 e. The van der Waals surface area contributed by atoms with Gasteiger partial charge in [-0.2, -0.15) is 0 Å². The molecule has 0 radical (unpaired) electrons. The van der Waals surface area contributed by atoms with E-state index in [9.17, 15) is 4.79 Å². The van der Waals surface area contributed by atoms with E-state index in [0.717, 1.165) is 22.5 Å². The number of amides is 1. The zero-order chi connectivity index (χ0) is 18.4. The SMILES string of the molecule is CC(=O)NCc1cccnc1OC1CC=CN(CC2CC2)N=NC=C1Br. The van der Waals surface area contributed by atoms with Crippen LogP contribution >= 0.6 is 15.9 Å². The summed E-state index contributed by atoms with van der Waals surface area (Å²) >= 11 is 3.53. The molecule has 1 fully saturated rings. The highest BCUT2D eigenvalue weighted by molar-refractivity contribution is 9.11. The van der Waals surface area contributed by atoms with E-state index in [1.165, 1.54) is 19.8 Å². The first-order valence-electron chi connectivity index (χ1n) is 8.66. The largest absolute Gasteiger partial charge is 0.468 e. The molecule has 2 heterocycles. The van der Waals surface area contributed by atoms with Crippen LogP contribution in [0, 0.1) is 5.92 Å². The summed E-state index contributed by atoms with van der Waals surface area (Å²) in [6.07, 6.45) is 10.2.